The lowest BCUT2D eigenvalue weighted by Crippen LogP contribution is -2.43. The van der Waals surface area contributed by atoms with Gasteiger partial charge in [-0.1, -0.05) is 30.0 Å². The lowest BCUT2D eigenvalue weighted by molar-refractivity contribution is -0.133. The first-order valence-electron chi connectivity index (χ1n) is 8.67. The van der Waals surface area contributed by atoms with Gasteiger partial charge in [-0.25, -0.2) is 4.98 Å². The minimum atomic E-state index is 0.189. The summed E-state index contributed by atoms with van der Waals surface area (Å²) in [7, 11) is 0. The highest BCUT2D eigenvalue weighted by Crippen LogP contribution is 2.30. The van der Waals surface area contributed by atoms with E-state index in [1.54, 1.807) is 34.4 Å². The van der Waals surface area contributed by atoms with Crippen LogP contribution in [0.2, 0.25) is 0 Å². The van der Waals surface area contributed by atoms with Crippen molar-refractivity contribution in [3.8, 4) is 0 Å². The van der Waals surface area contributed by atoms with E-state index < -0.39 is 0 Å². The molecule has 1 aromatic carbocycles. The second-order valence-corrected chi connectivity index (χ2v) is 9.47. The van der Waals surface area contributed by atoms with Crippen LogP contribution in [0.4, 0.5) is 0 Å². The van der Waals surface area contributed by atoms with Crippen LogP contribution < -0.4 is 0 Å². The van der Waals surface area contributed by atoms with Gasteiger partial charge in [0.15, 0.2) is 4.34 Å². The van der Waals surface area contributed by atoms with Gasteiger partial charge in [0.25, 0.3) is 0 Å². The first-order valence-corrected chi connectivity index (χ1v) is 11.4. The van der Waals surface area contributed by atoms with Crippen molar-refractivity contribution in [1.82, 2.24) is 9.88 Å². The van der Waals surface area contributed by atoms with Crippen molar-refractivity contribution < 1.29 is 9.53 Å². The van der Waals surface area contributed by atoms with E-state index in [1.807, 2.05) is 24.3 Å². The highest BCUT2D eigenvalue weighted by Gasteiger charge is 2.26. The summed E-state index contributed by atoms with van der Waals surface area (Å²) in [6, 6.07) is 12.5. The number of thiophene rings is 1. The van der Waals surface area contributed by atoms with Crippen LogP contribution in [0.5, 0.6) is 0 Å². The number of thioether (sulfide) groups is 1. The van der Waals surface area contributed by atoms with E-state index in [2.05, 4.69) is 27.4 Å². The lowest BCUT2D eigenvalue weighted by atomic mass is 10.1. The third kappa shape index (κ3) is 4.28. The Labute approximate surface area is 165 Å². The van der Waals surface area contributed by atoms with Gasteiger partial charge in [0.05, 0.1) is 22.5 Å². The molecule has 0 saturated carbocycles. The summed E-state index contributed by atoms with van der Waals surface area (Å²) in [6.07, 6.45) is 1.84. The van der Waals surface area contributed by atoms with Crippen molar-refractivity contribution in [2.24, 2.45) is 0 Å². The molecule has 1 aliphatic rings. The molecule has 0 radical (unpaired) electrons. The van der Waals surface area contributed by atoms with Gasteiger partial charge in [-0.15, -0.1) is 22.7 Å². The minimum Gasteiger partial charge on any atom is -0.381 e. The maximum atomic E-state index is 13.0. The minimum absolute atomic E-state index is 0.189. The lowest BCUT2D eigenvalue weighted by Gasteiger charge is -2.34. The number of nitrogens with zero attached hydrogens (tertiary/aromatic N) is 2. The summed E-state index contributed by atoms with van der Waals surface area (Å²) in [6.45, 7) is 2.18. The molecule has 2 aromatic heterocycles. The summed E-state index contributed by atoms with van der Waals surface area (Å²) in [5.41, 5.74) is 1.01. The molecule has 0 atom stereocenters. The summed E-state index contributed by atoms with van der Waals surface area (Å²) in [4.78, 5) is 20.9. The molecule has 4 nitrogen and oxygen atoms in total. The maximum absolute atomic E-state index is 13.0. The van der Waals surface area contributed by atoms with Crippen LogP contribution in [-0.4, -0.2) is 40.8 Å². The Morgan fingerprint density at radius 1 is 1.23 bits per heavy atom. The highest BCUT2D eigenvalue weighted by atomic mass is 32.2. The quantitative estimate of drug-likeness (QED) is 0.561. The topological polar surface area (TPSA) is 42.4 Å². The SMILES string of the molecule is O=C(CSc1nc2ccccc2s1)N(Cc1cccs1)C1CCOCC1. The number of benzene rings is 1. The smallest absolute Gasteiger partial charge is 0.233 e. The predicted molar refractivity (Wildman–Crippen MR) is 109 cm³/mol. The van der Waals surface area contributed by atoms with Crippen molar-refractivity contribution in [2.75, 3.05) is 19.0 Å². The number of aromatic nitrogens is 1. The third-order valence-electron chi connectivity index (χ3n) is 4.45. The highest BCUT2D eigenvalue weighted by molar-refractivity contribution is 8.01. The number of amides is 1. The zero-order chi connectivity index (χ0) is 17.8. The van der Waals surface area contributed by atoms with Crippen LogP contribution in [0.3, 0.4) is 0 Å². The zero-order valence-electron chi connectivity index (χ0n) is 14.3. The van der Waals surface area contributed by atoms with Crippen LogP contribution >= 0.6 is 34.4 Å². The van der Waals surface area contributed by atoms with Crippen LogP contribution in [0, 0.1) is 0 Å². The van der Waals surface area contributed by atoms with Crippen LogP contribution in [0.1, 0.15) is 17.7 Å². The molecule has 1 aliphatic heterocycles. The Balaban J connectivity index is 1.44. The average Bonchev–Trinajstić information content (AvgIpc) is 3.34. The molecule has 1 saturated heterocycles. The molecule has 0 N–H and O–H groups in total. The summed E-state index contributed by atoms with van der Waals surface area (Å²) >= 11 is 4.91. The van der Waals surface area contributed by atoms with E-state index in [0.717, 1.165) is 35.9 Å². The number of para-hydroxylation sites is 1. The summed E-state index contributed by atoms with van der Waals surface area (Å²) < 4.78 is 7.61. The summed E-state index contributed by atoms with van der Waals surface area (Å²) in [5.74, 6) is 0.622. The second kappa shape index (κ2) is 8.52. The zero-order valence-corrected chi connectivity index (χ0v) is 16.7. The number of thiazole rings is 1. The fraction of sp³-hybridized carbons (Fsp3) is 0.368. The van der Waals surface area contributed by atoms with Gasteiger partial charge in [0.1, 0.15) is 0 Å². The number of carbonyl (C=O) groups excluding carboxylic acids is 1. The third-order valence-corrected chi connectivity index (χ3v) is 7.48. The van der Waals surface area contributed by atoms with E-state index in [4.69, 9.17) is 4.74 Å². The summed E-state index contributed by atoms with van der Waals surface area (Å²) in [5, 5.41) is 2.07. The van der Waals surface area contributed by atoms with Gasteiger partial charge in [-0.3, -0.25) is 4.79 Å². The van der Waals surface area contributed by atoms with Gasteiger partial charge in [-0.2, -0.15) is 0 Å². The molecule has 4 rings (SSSR count). The molecule has 0 bridgehead atoms. The van der Waals surface area contributed by atoms with Crippen molar-refractivity contribution in [2.45, 2.75) is 29.8 Å². The first kappa shape index (κ1) is 18.0. The Morgan fingerprint density at radius 2 is 2.08 bits per heavy atom. The van der Waals surface area contributed by atoms with E-state index >= 15 is 0 Å². The number of hydrogen-bond donors (Lipinski definition) is 0. The van der Waals surface area contributed by atoms with Crippen LogP contribution in [0.25, 0.3) is 10.2 Å². The maximum Gasteiger partial charge on any atom is 0.233 e. The van der Waals surface area contributed by atoms with Gasteiger partial charge >= 0.3 is 0 Å². The van der Waals surface area contributed by atoms with Crippen molar-refractivity contribution >= 4 is 50.6 Å². The standard InChI is InChI=1S/C19H20N2O2S3/c22-18(13-25-19-20-16-5-1-2-6-17(16)26-19)21(12-15-4-3-11-24-15)14-7-9-23-10-8-14/h1-6,11,14H,7-10,12-13H2. The van der Waals surface area contributed by atoms with Crippen molar-refractivity contribution in [3.05, 3.63) is 46.7 Å². The van der Waals surface area contributed by atoms with E-state index in [9.17, 15) is 4.79 Å². The Kier molecular flexibility index (Phi) is 5.89. The Morgan fingerprint density at radius 3 is 2.85 bits per heavy atom. The average molecular weight is 405 g/mol. The Hall–Kier alpha value is -1.41. The van der Waals surface area contributed by atoms with E-state index in [0.29, 0.717) is 12.3 Å². The largest absolute Gasteiger partial charge is 0.381 e. The molecule has 0 unspecified atom stereocenters. The molecule has 3 aromatic rings. The van der Waals surface area contributed by atoms with Crippen LogP contribution in [-0.2, 0) is 16.1 Å². The number of rotatable bonds is 6. The molecule has 1 fully saturated rings. The van der Waals surface area contributed by atoms with Gasteiger partial charge in [0.2, 0.25) is 5.91 Å². The molecular formula is C19H20N2O2S3. The van der Waals surface area contributed by atoms with Crippen molar-refractivity contribution in [1.29, 1.82) is 0 Å². The molecule has 136 valence electrons. The number of fused-ring (bicyclic) bond motifs is 1. The van der Waals surface area contributed by atoms with Gasteiger partial charge in [-0.05, 0) is 36.4 Å². The monoisotopic (exact) mass is 404 g/mol. The molecule has 26 heavy (non-hydrogen) atoms. The second-order valence-electron chi connectivity index (χ2n) is 6.18. The molecule has 3 heterocycles. The first-order chi connectivity index (χ1) is 12.8. The number of ether oxygens (including phenoxy) is 1. The van der Waals surface area contributed by atoms with Gasteiger partial charge in [0, 0.05) is 24.1 Å². The fourth-order valence-electron chi connectivity index (χ4n) is 3.11. The fourth-order valence-corrected chi connectivity index (χ4v) is 5.76. The van der Waals surface area contributed by atoms with Crippen LogP contribution in [0.15, 0.2) is 46.1 Å². The molecule has 7 heteroatoms. The number of carbonyl (C=O) groups is 1. The van der Waals surface area contributed by atoms with Crippen molar-refractivity contribution in [3.63, 3.8) is 0 Å². The normalized spacial score (nSPS) is 15.4. The molecule has 1 amide bonds. The van der Waals surface area contributed by atoms with E-state index in [1.165, 1.54) is 9.58 Å². The van der Waals surface area contributed by atoms with Gasteiger partial charge < -0.3 is 9.64 Å². The molecule has 0 aliphatic carbocycles. The molecule has 0 spiro atoms. The Bertz CT molecular complexity index is 824. The van der Waals surface area contributed by atoms with E-state index in [-0.39, 0.29) is 11.9 Å². The predicted octanol–water partition coefficient (Wildman–Crippen LogP) is 4.66. The number of hydrogen-bond acceptors (Lipinski definition) is 6. The molecular weight excluding hydrogens is 384 g/mol.